The molecule has 18 heavy (non-hydrogen) atoms. The lowest BCUT2D eigenvalue weighted by Gasteiger charge is -2.03. The highest BCUT2D eigenvalue weighted by atomic mass is 16.5. The Labute approximate surface area is 105 Å². The van der Waals surface area contributed by atoms with Gasteiger partial charge < -0.3 is 14.9 Å². The van der Waals surface area contributed by atoms with Crippen LogP contribution in [0.25, 0.3) is 16.4 Å². The molecule has 2 aromatic heterocycles. The molecule has 0 bridgehead atoms. The number of pyridine rings is 1. The van der Waals surface area contributed by atoms with Crippen molar-refractivity contribution in [2.75, 3.05) is 13.7 Å². The van der Waals surface area contributed by atoms with Crippen molar-refractivity contribution in [1.29, 1.82) is 0 Å². The summed E-state index contributed by atoms with van der Waals surface area (Å²) in [4.78, 5) is 4.63. The maximum Gasteiger partial charge on any atom is 0.144 e. The first-order valence-corrected chi connectivity index (χ1v) is 5.96. The maximum atomic E-state index is 5.57. The first kappa shape index (κ1) is 11.0. The van der Waals surface area contributed by atoms with E-state index in [-0.39, 0.29) is 0 Å². The zero-order valence-corrected chi connectivity index (χ0v) is 10.3. The molecule has 1 aromatic carbocycles. The largest absolute Gasteiger partial charge is 0.497 e. The van der Waals surface area contributed by atoms with Crippen molar-refractivity contribution in [1.82, 2.24) is 9.38 Å². The zero-order chi connectivity index (χ0) is 12.5. The molecule has 4 heteroatoms. The molecule has 3 rings (SSSR count). The fraction of sp³-hybridized carbons (Fsp3) is 0.214. The van der Waals surface area contributed by atoms with Crippen LogP contribution in [0.3, 0.4) is 0 Å². The topological polar surface area (TPSA) is 52.5 Å². The van der Waals surface area contributed by atoms with Gasteiger partial charge in [-0.3, -0.25) is 0 Å². The molecule has 0 saturated carbocycles. The van der Waals surface area contributed by atoms with E-state index in [0.29, 0.717) is 6.54 Å². The van der Waals surface area contributed by atoms with E-state index in [1.165, 1.54) is 0 Å². The highest BCUT2D eigenvalue weighted by Gasteiger charge is 2.06. The van der Waals surface area contributed by atoms with Gasteiger partial charge in [-0.2, -0.15) is 0 Å². The van der Waals surface area contributed by atoms with Gasteiger partial charge in [-0.25, -0.2) is 4.98 Å². The first-order valence-electron chi connectivity index (χ1n) is 5.96. The number of ether oxygens (including phenoxy) is 1. The Morgan fingerprint density at radius 2 is 2.22 bits per heavy atom. The van der Waals surface area contributed by atoms with E-state index in [2.05, 4.69) is 11.1 Å². The van der Waals surface area contributed by atoms with Crippen LogP contribution < -0.4 is 10.5 Å². The van der Waals surface area contributed by atoms with Crippen LogP contribution in [0.1, 0.15) is 5.69 Å². The van der Waals surface area contributed by atoms with E-state index in [1.54, 1.807) is 7.11 Å². The molecule has 2 heterocycles. The van der Waals surface area contributed by atoms with Gasteiger partial charge in [0, 0.05) is 24.2 Å². The molecule has 0 unspecified atom stereocenters. The molecule has 0 spiro atoms. The Morgan fingerprint density at radius 1 is 1.33 bits per heavy atom. The number of aromatic nitrogens is 2. The molecular weight excluding hydrogens is 226 g/mol. The number of benzene rings is 1. The molecule has 0 amide bonds. The predicted molar refractivity (Wildman–Crippen MR) is 72.0 cm³/mol. The van der Waals surface area contributed by atoms with Crippen molar-refractivity contribution in [3.63, 3.8) is 0 Å². The van der Waals surface area contributed by atoms with Gasteiger partial charge in [0.25, 0.3) is 0 Å². The van der Waals surface area contributed by atoms with Gasteiger partial charge in [0.2, 0.25) is 0 Å². The average Bonchev–Trinajstić information content (AvgIpc) is 2.81. The summed E-state index contributed by atoms with van der Waals surface area (Å²) in [5.74, 6) is 0.862. The SMILES string of the molecule is COc1ccc2c(ccn3cc(CCN)nc23)c1. The minimum Gasteiger partial charge on any atom is -0.497 e. The Bertz CT molecular complexity index is 703. The highest BCUT2D eigenvalue weighted by molar-refractivity contribution is 5.94. The minimum atomic E-state index is 0.621. The summed E-state index contributed by atoms with van der Waals surface area (Å²) in [7, 11) is 1.68. The third-order valence-corrected chi connectivity index (χ3v) is 3.10. The molecule has 0 saturated heterocycles. The molecule has 0 aliphatic carbocycles. The fourth-order valence-corrected chi connectivity index (χ4v) is 2.20. The number of nitrogens with zero attached hydrogens (tertiary/aromatic N) is 2. The molecule has 3 aromatic rings. The third-order valence-electron chi connectivity index (χ3n) is 3.10. The molecular formula is C14H15N3O. The van der Waals surface area contributed by atoms with Gasteiger partial charge in [0.1, 0.15) is 11.4 Å². The number of hydrogen-bond donors (Lipinski definition) is 1. The van der Waals surface area contributed by atoms with E-state index in [1.807, 2.05) is 35.0 Å². The Balaban J connectivity index is 2.24. The van der Waals surface area contributed by atoms with Crippen molar-refractivity contribution < 1.29 is 4.74 Å². The van der Waals surface area contributed by atoms with Crippen LogP contribution in [0.15, 0.2) is 36.7 Å². The van der Waals surface area contributed by atoms with Crippen LogP contribution in [0, 0.1) is 0 Å². The van der Waals surface area contributed by atoms with Crippen LogP contribution in [0.5, 0.6) is 5.75 Å². The lowest BCUT2D eigenvalue weighted by Crippen LogP contribution is -2.02. The van der Waals surface area contributed by atoms with Crippen LogP contribution >= 0.6 is 0 Å². The number of imidazole rings is 1. The van der Waals surface area contributed by atoms with Crippen molar-refractivity contribution in [3.8, 4) is 5.75 Å². The van der Waals surface area contributed by atoms with Gasteiger partial charge in [-0.1, -0.05) is 0 Å². The molecule has 0 fully saturated rings. The summed E-state index contributed by atoms with van der Waals surface area (Å²) in [5.41, 5.74) is 7.57. The van der Waals surface area contributed by atoms with E-state index in [4.69, 9.17) is 10.5 Å². The summed E-state index contributed by atoms with van der Waals surface area (Å²) in [6, 6.07) is 8.09. The Hall–Kier alpha value is -2.07. The molecule has 0 aliphatic rings. The Morgan fingerprint density at radius 3 is 3.00 bits per heavy atom. The number of methoxy groups -OCH3 is 1. The second-order valence-corrected chi connectivity index (χ2v) is 4.27. The second-order valence-electron chi connectivity index (χ2n) is 4.27. The lowest BCUT2D eigenvalue weighted by molar-refractivity contribution is 0.415. The van der Waals surface area contributed by atoms with Crippen LogP contribution in [0.2, 0.25) is 0 Å². The molecule has 92 valence electrons. The molecule has 0 aliphatic heterocycles. The standard InChI is InChI=1S/C14H15N3O/c1-18-12-2-3-13-10(8-12)5-7-17-9-11(4-6-15)16-14(13)17/h2-3,5,7-9H,4,6,15H2,1H3. The summed E-state index contributed by atoms with van der Waals surface area (Å²) in [5, 5.41) is 2.26. The summed E-state index contributed by atoms with van der Waals surface area (Å²) < 4.78 is 7.28. The van der Waals surface area contributed by atoms with Crippen molar-refractivity contribution in [2.45, 2.75) is 6.42 Å². The molecule has 4 nitrogen and oxygen atoms in total. The summed E-state index contributed by atoms with van der Waals surface area (Å²) in [6.07, 6.45) is 4.86. The number of hydrogen-bond acceptors (Lipinski definition) is 3. The third kappa shape index (κ3) is 1.71. The normalized spacial score (nSPS) is 11.2. The van der Waals surface area contributed by atoms with Crippen LogP contribution in [-0.2, 0) is 6.42 Å². The second kappa shape index (κ2) is 4.31. The van der Waals surface area contributed by atoms with E-state index >= 15 is 0 Å². The monoisotopic (exact) mass is 241 g/mol. The summed E-state index contributed by atoms with van der Waals surface area (Å²) in [6.45, 7) is 0.621. The predicted octanol–water partition coefficient (Wildman–Crippen LogP) is 2.00. The molecule has 2 N–H and O–H groups in total. The van der Waals surface area contributed by atoms with Gasteiger partial charge >= 0.3 is 0 Å². The van der Waals surface area contributed by atoms with Crippen molar-refractivity contribution in [3.05, 3.63) is 42.4 Å². The Kier molecular flexibility index (Phi) is 2.64. The maximum absolute atomic E-state index is 5.57. The van der Waals surface area contributed by atoms with Crippen LogP contribution in [0.4, 0.5) is 0 Å². The van der Waals surface area contributed by atoms with Crippen molar-refractivity contribution in [2.24, 2.45) is 5.73 Å². The average molecular weight is 241 g/mol. The number of rotatable bonds is 3. The molecule has 0 atom stereocenters. The highest BCUT2D eigenvalue weighted by Crippen LogP contribution is 2.24. The number of nitrogens with two attached hydrogens (primary N) is 1. The minimum absolute atomic E-state index is 0.621. The van der Waals surface area contributed by atoms with Gasteiger partial charge in [0.05, 0.1) is 12.8 Å². The fourth-order valence-electron chi connectivity index (χ4n) is 2.20. The molecule has 0 radical (unpaired) electrons. The first-order chi connectivity index (χ1) is 8.81. The number of fused-ring (bicyclic) bond motifs is 3. The van der Waals surface area contributed by atoms with Crippen molar-refractivity contribution >= 4 is 16.4 Å². The van der Waals surface area contributed by atoms with E-state index < -0.39 is 0 Å². The lowest BCUT2D eigenvalue weighted by atomic mass is 10.1. The van der Waals surface area contributed by atoms with E-state index in [9.17, 15) is 0 Å². The smallest absolute Gasteiger partial charge is 0.144 e. The quantitative estimate of drug-likeness (QED) is 0.763. The van der Waals surface area contributed by atoms with Crippen LogP contribution in [-0.4, -0.2) is 23.0 Å². The zero-order valence-electron chi connectivity index (χ0n) is 10.3. The van der Waals surface area contributed by atoms with E-state index in [0.717, 1.165) is 34.3 Å². The van der Waals surface area contributed by atoms with Gasteiger partial charge in [-0.05, 0) is 36.2 Å². The van der Waals surface area contributed by atoms with Gasteiger partial charge in [0.15, 0.2) is 0 Å². The van der Waals surface area contributed by atoms with Gasteiger partial charge in [-0.15, -0.1) is 0 Å². The summed E-state index contributed by atoms with van der Waals surface area (Å²) >= 11 is 0.